The van der Waals surface area contributed by atoms with E-state index in [9.17, 15) is 43.2 Å². The number of nitrogens with one attached hydrogen (secondary N) is 6. The van der Waals surface area contributed by atoms with Crippen molar-refractivity contribution in [2.45, 2.75) is 132 Å². The lowest BCUT2D eigenvalue weighted by atomic mass is 9.84. The number of aliphatic imine (C=N–C) groups is 2. The summed E-state index contributed by atoms with van der Waals surface area (Å²) in [5.41, 5.74) is 33.6. The molecule has 26 heteroatoms. The molecule has 5 rings (SSSR count). The van der Waals surface area contributed by atoms with E-state index in [1.165, 1.54) is 26.5 Å². The van der Waals surface area contributed by atoms with Gasteiger partial charge >= 0.3 is 0 Å². The number of guanidine groups is 2. The quantitative estimate of drug-likeness (QED) is 0.0235. The predicted molar refractivity (Wildman–Crippen MR) is 283 cm³/mol. The Morgan fingerprint density at radius 3 is 1.85 bits per heavy atom. The maximum Gasteiger partial charge on any atom is 0.254 e. The molecule has 18 N–H and O–H groups in total. The molecule has 2 aliphatic heterocycles. The Morgan fingerprint density at radius 2 is 1.24 bits per heavy atom. The first-order valence-electron chi connectivity index (χ1n) is 24.9. The second-order valence-corrected chi connectivity index (χ2v) is 21.3. The number of amides is 9. The molecule has 0 spiro atoms. The largest absolute Gasteiger partial charge is 0.370 e. The first-order chi connectivity index (χ1) is 35.4. The summed E-state index contributed by atoms with van der Waals surface area (Å²) in [5.74, 6) is -6.22. The van der Waals surface area contributed by atoms with Gasteiger partial charge in [0.2, 0.25) is 47.3 Å². The molecule has 9 amide bonds. The van der Waals surface area contributed by atoms with Crippen LogP contribution in [0.2, 0.25) is 0 Å². The van der Waals surface area contributed by atoms with E-state index in [2.05, 4.69) is 41.9 Å². The van der Waals surface area contributed by atoms with Crippen LogP contribution in [-0.2, 0) is 38.4 Å². The van der Waals surface area contributed by atoms with Gasteiger partial charge in [-0.2, -0.15) is 0 Å². The van der Waals surface area contributed by atoms with Gasteiger partial charge in [-0.1, -0.05) is 84.0 Å². The van der Waals surface area contributed by atoms with E-state index in [0.29, 0.717) is 24.9 Å². The van der Waals surface area contributed by atoms with Crippen LogP contribution >= 0.6 is 21.6 Å². The minimum Gasteiger partial charge on any atom is -0.370 e. The number of hydrogen-bond donors (Lipinski definition) is 12. The van der Waals surface area contributed by atoms with Crippen LogP contribution in [0, 0.1) is 5.92 Å². The van der Waals surface area contributed by atoms with Gasteiger partial charge in [0.15, 0.2) is 11.9 Å². The third-order valence-corrected chi connectivity index (χ3v) is 15.5. The van der Waals surface area contributed by atoms with Gasteiger partial charge in [-0.3, -0.25) is 53.1 Å². The van der Waals surface area contributed by atoms with Crippen molar-refractivity contribution in [3.8, 4) is 0 Å². The number of primary amides is 2. The van der Waals surface area contributed by atoms with E-state index in [1.54, 1.807) is 12.1 Å². The summed E-state index contributed by atoms with van der Waals surface area (Å²) in [7, 11) is 2.58. The number of carbonyl (C=O) groups is 9. The molecule has 404 valence electrons. The van der Waals surface area contributed by atoms with Crippen LogP contribution < -0.4 is 66.3 Å². The third-order valence-electron chi connectivity index (χ3n) is 13.1. The van der Waals surface area contributed by atoms with Gasteiger partial charge < -0.3 is 71.2 Å². The molecule has 0 unspecified atom stereocenters. The highest BCUT2D eigenvalue weighted by Crippen LogP contribution is 2.29. The molecule has 1 saturated carbocycles. The maximum absolute atomic E-state index is 14.4. The molecular weight excluding hydrogens is 995 g/mol. The fourth-order valence-corrected chi connectivity index (χ4v) is 11.4. The SMILES string of the molecule is NC(=O)CC[C@H](NC(=O)[C@@H](CCCN=C(N)N)NC(=O)[C@@H](CCCN=C(N)N)NC(=O)[C@@H]1CCCN1C(=O)c1ccc2ccccc2c1)C(=O)N[C@@H](CC1CCCCC1)C(=O)N[C@H]1CSSC[C@@H](C(N)=O)NC1=O. The molecule has 7 atom stereocenters. The molecule has 74 heavy (non-hydrogen) atoms. The summed E-state index contributed by atoms with van der Waals surface area (Å²) >= 11 is 0. The van der Waals surface area contributed by atoms with Crippen molar-refractivity contribution in [3.63, 3.8) is 0 Å². The lowest BCUT2D eigenvalue weighted by Gasteiger charge is -2.30. The molecule has 0 aromatic heterocycles. The van der Waals surface area contributed by atoms with Gasteiger partial charge in [-0.15, -0.1) is 0 Å². The molecule has 2 saturated heterocycles. The number of hydrogen-bond acceptors (Lipinski definition) is 13. The van der Waals surface area contributed by atoms with Crippen molar-refractivity contribution in [2.24, 2.45) is 50.3 Å². The number of nitrogens with two attached hydrogens (primary N) is 6. The van der Waals surface area contributed by atoms with E-state index in [1.807, 2.05) is 30.3 Å². The maximum atomic E-state index is 14.4. The monoisotopic (exact) mass is 1070 g/mol. The van der Waals surface area contributed by atoms with Gasteiger partial charge in [0.1, 0.15) is 42.3 Å². The number of carbonyl (C=O) groups excluding carboxylic acids is 9. The first-order valence-corrected chi connectivity index (χ1v) is 27.4. The molecule has 24 nitrogen and oxygen atoms in total. The van der Waals surface area contributed by atoms with Crippen LogP contribution in [0.25, 0.3) is 10.8 Å². The Bertz CT molecular complexity index is 2400. The minimum absolute atomic E-state index is 0.00187. The number of likely N-dealkylation sites (tertiary alicyclic amines) is 1. The summed E-state index contributed by atoms with van der Waals surface area (Å²) in [6, 6.07) is 4.59. The molecule has 3 aliphatic rings. The first kappa shape index (κ1) is 58.1. The summed E-state index contributed by atoms with van der Waals surface area (Å²) in [5, 5.41) is 18.0. The van der Waals surface area contributed by atoms with Crippen LogP contribution in [0.4, 0.5) is 0 Å². The van der Waals surface area contributed by atoms with E-state index >= 15 is 0 Å². The van der Waals surface area contributed by atoms with Gasteiger partial charge in [0, 0.05) is 43.1 Å². The third kappa shape index (κ3) is 18.3. The van der Waals surface area contributed by atoms with Crippen LogP contribution in [0.5, 0.6) is 0 Å². The lowest BCUT2D eigenvalue weighted by molar-refractivity contribution is -0.136. The fraction of sp³-hybridized carbons (Fsp3) is 0.562. The Morgan fingerprint density at radius 1 is 0.662 bits per heavy atom. The average molecular weight is 1070 g/mol. The highest BCUT2D eigenvalue weighted by molar-refractivity contribution is 8.76. The lowest BCUT2D eigenvalue weighted by Crippen LogP contribution is -2.60. The van der Waals surface area contributed by atoms with Gasteiger partial charge in [0.25, 0.3) is 5.91 Å². The molecule has 1 aliphatic carbocycles. The van der Waals surface area contributed by atoms with Gasteiger partial charge in [-0.05, 0) is 80.2 Å². The van der Waals surface area contributed by atoms with Crippen molar-refractivity contribution in [2.75, 3.05) is 31.1 Å². The Hall–Kier alpha value is -6.83. The van der Waals surface area contributed by atoms with Crippen molar-refractivity contribution in [3.05, 3.63) is 48.0 Å². The summed E-state index contributed by atoms with van der Waals surface area (Å²) < 4.78 is 0. The topological polar surface area (TPSA) is 410 Å². The Labute approximate surface area is 437 Å². The summed E-state index contributed by atoms with van der Waals surface area (Å²) in [4.78, 5) is 132. The van der Waals surface area contributed by atoms with Crippen molar-refractivity contribution in [1.82, 2.24) is 36.8 Å². The van der Waals surface area contributed by atoms with Crippen LogP contribution in [-0.4, -0.2) is 143 Å². The predicted octanol–water partition coefficient (Wildman–Crippen LogP) is -1.42. The average Bonchev–Trinajstić information content (AvgIpc) is 3.86. The highest BCUT2D eigenvalue weighted by Gasteiger charge is 2.38. The van der Waals surface area contributed by atoms with Crippen LogP contribution in [0.3, 0.4) is 0 Å². The number of rotatable bonds is 25. The number of fused-ring (bicyclic) bond motifs is 1. The Balaban J connectivity index is 1.36. The van der Waals surface area contributed by atoms with Crippen LogP contribution in [0.15, 0.2) is 52.4 Å². The van der Waals surface area contributed by atoms with Crippen molar-refractivity contribution in [1.29, 1.82) is 0 Å². The highest BCUT2D eigenvalue weighted by atomic mass is 33.1. The zero-order valence-electron chi connectivity index (χ0n) is 41.4. The van der Waals surface area contributed by atoms with Crippen LogP contribution in [0.1, 0.15) is 100 Å². The van der Waals surface area contributed by atoms with Crippen molar-refractivity contribution >= 4 is 97.4 Å². The van der Waals surface area contributed by atoms with Gasteiger partial charge in [-0.25, -0.2) is 0 Å². The normalized spacial score (nSPS) is 19.6. The zero-order valence-corrected chi connectivity index (χ0v) is 43.0. The van der Waals surface area contributed by atoms with E-state index in [-0.39, 0.29) is 93.3 Å². The second kappa shape index (κ2) is 29.2. The molecular formula is C48H71N15O9S2. The number of nitrogens with zero attached hydrogens (tertiary/aromatic N) is 3. The Kier molecular flexibility index (Phi) is 22.9. The van der Waals surface area contributed by atoms with Crippen molar-refractivity contribution < 1.29 is 43.2 Å². The molecule has 2 heterocycles. The minimum atomic E-state index is -1.47. The van der Waals surface area contributed by atoms with E-state index < -0.39 is 89.6 Å². The fourth-order valence-electron chi connectivity index (χ4n) is 9.10. The molecule has 2 aromatic carbocycles. The summed E-state index contributed by atoms with van der Waals surface area (Å²) in [6.07, 6.45) is 5.11. The van der Waals surface area contributed by atoms with E-state index in [4.69, 9.17) is 34.4 Å². The second-order valence-electron chi connectivity index (χ2n) is 18.7. The zero-order chi connectivity index (χ0) is 53.7. The van der Waals surface area contributed by atoms with E-state index in [0.717, 1.165) is 42.9 Å². The summed E-state index contributed by atoms with van der Waals surface area (Å²) in [6.45, 7) is 0.444. The molecule has 0 radical (unpaired) electrons. The smallest absolute Gasteiger partial charge is 0.254 e. The molecule has 0 bridgehead atoms. The van der Waals surface area contributed by atoms with Gasteiger partial charge in [0.05, 0.1) is 0 Å². The standard InChI is InChI=1S/C48H71N15O9S2/c49-38(64)19-18-33(42(68)60-34(23-27-9-2-1-3-10-27)43(69)62-36-26-74-73-25-35(39(50)65)61-44(36)70)58-40(66)31(13-6-20-55-47(51)52)57-41(67)32(14-7-21-56-48(53)54)59-45(71)37-15-8-22-63(37)46(72)30-17-16-28-11-4-5-12-29(28)24-30/h4-5,11-12,16-17,24,27,31-37H,1-3,6-10,13-15,18-23,25-26H2,(H2,49,64)(H2,50,65)(H,57,67)(H,58,66)(H,59,71)(H,60,68)(H,61,70)(H,62,69)(H4,51,52,55)(H4,53,54,56)/t31-,32-,33+,34+,35+,36+,37+/m1/s1. The number of benzene rings is 2. The molecule has 3 fully saturated rings. The molecule has 2 aromatic rings.